The molecule has 3 aromatic rings. The molecule has 3 rings (SSSR count). The van der Waals surface area contributed by atoms with Crippen molar-refractivity contribution in [2.75, 3.05) is 0 Å². The molecule has 0 heterocycles. The topological polar surface area (TPSA) is 0 Å². The summed E-state index contributed by atoms with van der Waals surface area (Å²) in [5, 5.41) is 2.80. The molecule has 0 radical (unpaired) electrons. The van der Waals surface area contributed by atoms with Crippen molar-refractivity contribution in [3.8, 4) is 11.1 Å². The summed E-state index contributed by atoms with van der Waals surface area (Å²) < 4.78 is 0. The summed E-state index contributed by atoms with van der Waals surface area (Å²) >= 11 is -0.826. The molecule has 0 spiro atoms. The SMILES string of the molecule is CCCCc1cc2c(-c3cc(C(C)(C)C)cc(C(C)(C)C)c3)c(C(C)(C)C)ccc2[cH-]1.[Cl][Zr][Cl]. The van der Waals surface area contributed by atoms with Gasteiger partial charge in [0.1, 0.15) is 0 Å². The van der Waals surface area contributed by atoms with Crippen molar-refractivity contribution in [3.63, 3.8) is 0 Å². The minimum absolute atomic E-state index is 0.0873. The van der Waals surface area contributed by atoms with E-state index in [1.54, 1.807) is 0 Å². The molecule has 0 unspecified atom stereocenters. The van der Waals surface area contributed by atoms with Crippen molar-refractivity contribution in [2.45, 2.75) is 105 Å². The minimum atomic E-state index is -0.826. The summed E-state index contributed by atoms with van der Waals surface area (Å²) in [5.74, 6) is 0. The first-order valence-corrected chi connectivity index (χ1v) is 18.8. The Morgan fingerprint density at radius 2 is 1.29 bits per heavy atom. The second-order valence-electron chi connectivity index (χ2n) is 12.6. The van der Waals surface area contributed by atoms with Crippen LogP contribution in [0.3, 0.4) is 0 Å². The third-order valence-corrected chi connectivity index (χ3v) is 6.53. The second kappa shape index (κ2) is 11.7. The second-order valence-corrected chi connectivity index (χ2v) is 16.3. The summed E-state index contributed by atoms with van der Waals surface area (Å²) in [6.45, 7) is 23.3. The van der Waals surface area contributed by atoms with Crippen LogP contribution < -0.4 is 0 Å². The van der Waals surface area contributed by atoms with Crippen molar-refractivity contribution < 1.29 is 20.8 Å². The molecule has 0 aliphatic heterocycles. The number of unbranched alkanes of at least 4 members (excludes halogenated alkanes) is 1. The van der Waals surface area contributed by atoms with Gasteiger partial charge in [-0.2, -0.15) is 6.07 Å². The van der Waals surface area contributed by atoms with E-state index in [2.05, 4.69) is 112 Å². The van der Waals surface area contributed by atoms with Crippen molar-refractivity contribution in [2.24, 2.45) is 0 Å². The molecule has 0 amide bonds. The van der Waals surface area contributed by atoms with E-state index in [1.165, 1.54) is 63.4 Å². The molecule has 0 aromatic heterocycles. The molecule has 0 aliphatic rings. The monoisotopic (exact) mass is 575 g/mol. The number of rotatable bonds is 4. The molecule has 186 valence electrons. The quantitative estimate of drug-likeness (QED) is 0.271. The zero-order chi connectivity index (χ0) is 25.9. The van der Waals surface area contributed by atoms with Gasteiger partial charge in [0.25, 0.3) is 0 Å². The Kier molecular flexibility index (Phi) is 10.2. The first-order valence-electron chi connectivity index (χ1n) is 12.5. The van der Waals surface area contributed by atoms with Crippen molar-refractivity contribution in [1.82, 2.24) is 0 Å². The van der Waals surface area contributed by atoms with Gasteiger partial charge in [0.15, 0.2) is 0 Å². The Labute approximate surface area is 227 Å². The first kappa shape index (κ1) is 29.7. The zero-order valence-electron chi connectivity index (χ0n) is 22.9. The molecule has 0 bridgehead atoms. The van der Waals surface area contributed by atoms with Crippen LogP contribution in [0.2, 0.25) is 0 Å². The number of aryl methyl sites for hydroxylation is 1. The summed E-state index contributed by atoms with van der Waals surface area (Å²) in [4.78, 5) is 0. The van der Waals surface area contributed by atoms with Crippen molar-refractivity contribution in [1.29, 1.82) is 0 Å². The van der Waals surface area contributed by atoms with E-state index in [0.29, 0.717) is 0 Å². The average molecular weight is 578 g/mol. The molecule has 34 heavy (non-hydrogen) atoms. The van der Waals surface area contributed by atoms with Crippen LogP contribution in [0.25, 0.3) is 21.9 Å². The van der Waals surface area contributed by atoms with E-state index < -0.39 is 20.8 Å². The van der Waals surface area contributed by atoms with Gasteiger partial charge in [-0.05, 0) is 39.4 Å². The van der Waals surface area contributed by atoms with Crippen LogP contribution in [0, 0.1) is 0 Å². The van der Waals surface area contributed by atoms with Gasteiger partial charge in [-0.25, -0.2) is 0 Å². The molecular formula is C31H43Cl2Zr-. The summed E-state index contributed by atoms with van der Waals surface area (Å²) in [6.07, 6.45) is 3.67. The van der Waals surface area contributed by atoms with E-state index >= 15 is 0 Å². The molecule has 0 N–H and O–H groups in total. The van der Waals surface area contributed by atoms with Gasteiger partial charge in [0.2, 0.25) is 0 Å². The van der Waals surface area contributed by atoms with E-state index in [9.17, 15) is 0 Å². The van der Waals surface area contributed by atoms with Crippen LogP contribution in [0.4, 0.5) is 0 Å². The molecular weight excluding hydrogens is 534 g/mol. The summed E-state index contributed by atoms with van der Waals surface area (Å²) in [6, 6.07) is 16.9. The normalized spacial score (nSPS) is 12.5. The van der Waals surface area contributed by atoms with Gasteiger partial charge >= 0.3 is 37.9 Å². The van der Waals surface area contributed by atoms with Crippen LogP contribution in [-0.2, 0) is 43.5 Å². The molecule has 0 saturated heterocycles. The fourth-order valence-electron chi connectivity index (χ4n) is 4.44. The Morgan fingerprint density at radius 1 is 0.765 bits per heavy atom. The van der Waals surface area contributed by atoms with Crippen LogP contribution in [0.1, 0.15) is 104 Å². The Hall–Kier alpha value is -0.487. The fraction of sp³-hybridized carbons (Fsp3) is 0.516. The molecule has 0 nitrogen and oxygen atoms in total. The summed E-state index contributed by atoms with van der Waals surface area (Å²) in [7, 11) is 9.87. The number of benzene rings is 2. The van der Waals surface area contributed by atoms with Gasteiger partial charge in [-0.15, -0.1) is 34.5 Å². The Morgan fingerprint density at radius 3 is 1.74 bits per heavy atom. The van der Waals surface area contributed by atoms with Crippen molar-refractivity contribution >= 4 is 27.8 Å². The third-order valence-electron chi connectivity index (χ3n) is 6.53. The van der Waals surface area contributed by atoms with Crippen LogP contribution in [-0.4, -0.2) is 0 Å². The number of fused-ring (bicyclic) bond motifs is 1. The van der Waals surface area contributed by atoms with E-state index in [1.807, 2.05) is 0 Å². The predicted molar refractivity (Wildman–Crippen MR) is 151 cm³/mol. The fourth-order valence-corrected chi connectivity index (χ4v) is 4.44. The van der Waals surface area contributed by atoms with Crippen LogP contribution >= 0.6 is 17.0 Å². The van der Waals surface area contributed by atoms with Gasteiger partial charge in [0.05, 0.1) is 0 Å². The van der Waals surface area contributed by atoms with E-state index in [4.69, 9.17) is 17.0 Å². The molecule has 0 saturated carbocycles. The van der Waals surface area contributed by atoms with Gasteiger partial charge in [0, 0.05) is 0 Å². The number of hydrogen-bond donors (Lipinski definition) is 0. The maximum atomic E-state index is 4.93. The average Bonchev–Trinajstić information content (AvgIpc) is 3.12. The molecule has 0 aliphatic carbocycles. The van der Waals surface area contributed by atoms with Crippen LogP contribution in [0.15, 0.2) is 42.5 Å². The van der Waals surface area contributed by atoms with Gasteiger partial charge < -0.3 is 0 Å². The Bertz CT molecular complexity index is 1050. The first-order chi connectivity index (χ1) is 15.6. The molecule has 0 fully saturated rings. The zero-order valence-corrected chi connectivity index (χ0v) is 26.9. The van der Waals surface area contributed by atoms with Gasteiger partial charge in [-0.3, -0.25) is 0 Å². The molecule has 0 atom stereocenters. The van der Waals surface area contributed by atoms with Crippen molar-refractivity contribution in [3.05, 3.63) is 64.7 Å². The molecule has 3 aromatic carbocycles. The Balaban J connectivity index is 0.00000129. The predicted octanol–water partition coefficient (Wildman–Crippen LogP) is 10.8. The number of halogens is 2. The number of hydrogen-bond acceptors (Lipinski definition) is 0. The van der Waals surface area contributed by atoms with E-state index in [0.717, 1.165) is 0 Å². The molecule has 3 heteroatoms. The third kappa shape index (κ3) is 7.51. The van der Waals surface area contributed by atoms with E-state index in [-0.39, 0.29) is 16.2 Å². The maximum absolute atomic E-state index is 4.93. The van der Waals surface area contributed by atoms with Crippen LogP contribution in [0.5, 0.6) is 0 Å². The summed E-state index contributed by atoms with van der Waals surface area (Å²) in [5.41, 5.74) is 8.89. The standard InChI is InChI=1S/C31H43.2ClH.Zr/c1-11-12-13-21-16-22-14-15-27(31(8,9)10)28(26(22)17-21)23-18-24(29(2,3)4)20-25(19-23)30(5,6)7;;;/h14-20H,11-13H2,1-10H3;2*1H;/q-1;;;+2/p-2. The van der Waals surface area contributed by atoms with Gasteiger partial charge in [-0.1, -0.05) is 111 Å².